The van der Waals surface area contributed by atoms with Crippen LogP contribution in [-0.4, -0.2) is 23.1 Å². The summed E-state index contributed by atoms with van der Waals surface area (Å²) < 4.78 is 17.4. The number of imidazole rings is 1. The van der Waals surface area contributed by atoms with Gasteiger partial charge in [0.1, 0.15) is 0 Å². The average Bonchev–Trinajstić information content (AvgIpc) is 4.00. The predicted molar refractivity (Wildman–Crippen MR) is 273 cm³/mol. The molecule has 0 saturated carbocycles. The van der Waals surface area contributed by atoms with E-state index in [4.69, 9.17) is 9.72 Å². The molecule has 0 radical (unpaired) electrons. The Balaban J connectivity index is 1.04. The fourth-order valence-electron chi connectivity index (χ4n) is 10.1. The molecular weight excluding hydrogens is 1000 g/mol. The first-order valence-corrected chi connectivity index (χ1v) is 24.3. The second-order valence-electron chi connectivity index (χ2n) is 21.2. The maximum absolute atomic E-state index is 6.95. The van der Waals surface area contributed by atoms with Crippen molar-refractivity contribution in [2.45, 2.75) is 78.6 Å². The Morgan fingerprint density at radius 1 is 0.463 bits per heavy atom. The zero-order valence-corrected chi connectivity index (χ0v) is 41.6. The van der Waals surface area contributed by atoms with Gasteiger partial charge in [0.25, 0.3) is 0 Å². The topological polar surface area (TPSA) is 41.3 Å². The van der Waals surface area contributed by atoms with Crippen LogP contribution in [0.1, 0.15) is 79.0 Å². The molecule has 0 spiro atoms. The van der Waals surface area contributed by atoms with Crippen molar-refractivity contribution < 1.29 is 24.1 Å². The zero-order valence-electron chi connectivity index (χ0n) is 39.3. The van der Waals surface area contributed by atoms with E-state index >= 15 is 0 Å². The van der Waals surface area contributed by atoms with Gasteiger partial charge in [0.05, 0.1) is 16.6 Å². The quantitative estimate of drug-likeness (QED) is 0.161. The van der Waals surface area contributed by atoms with Gasteiger partial charge >= 0.3 is 300 Å². The van der Waals surface area contributed by atoms with Crippen LogP contribution >= 0.6 is 0 Å². The third-order valence-electron chi connectivity index (χ3n) is 13.6. The third-order valence-corrected chi connectivity index (χ3v) is 14.7. The normalized spacial score (nSPS) is 12.9. The number of aromatic nitrogens is 5. The minimum atomic E-state index is -0.177. The summed E-state index contributed by atoms with van der Waals surface area (Å²) in [7, 11) is 0. The number of fused-ring (bicyclic) bond motifs is 10. The van der Waals surface area contributed by atoms with E-state index < -0.39 is 0 Å². The Morgan fingerprint density at radius 2 is 1.07 bits per heavy atom. The monoisotopic (exact) mass is 1050 g/mol. The number of benzene rings is 7. The number of ether oxygens (including phenoxy) is 1. The number of pyridine rings is 1. The Hall–Kier alpha value is -6.75. The van der Waals surface area contributed by atoms with Crippen LogP contribution in [0.5, 0.6) is 11.5 Å². The second kappa shape index (κ2) is 14.6. The predicted octanol–water partition coefficient (Wildman–Crippen LogP) is 15.4. The molecule has 0 saturated heterocycles. The van der Waals surface area contributed by atoms with Crippen LogP contribution in [0.4, 0.5) is 0 Å². The molecular formula is C60H51N5OPt-2. The first kappa shape index (κ1) is 41.7. The van der Waals surface area contributed by atoms with Crippen molar-refractivity contribution in [3.63, 3.8) is 0 Å². The van der Waals surface area contributed by atoms with Crippen LogP contribution in [0.15, 0.2) is 146 Å². The average molecular weight is 1050 g/mol. The van der Waals surface area contributed by atoms with E-state index in [1.807, 2.05) is 24.4 Å². The molecule has 0 unspecified atom stereocenters. The molecule has 0 aliphatic rings. The van der Waals surface area contributed by atoms with Crippen molar-refractivity contribution in [1.82, 2.24) is 23.1 Å². The van der Waals surface area contributed by atoms with Gasteiger partial charge < -0.3 is 4.40 Å². The van der Waals surface area contributed by atoms with Crippen molar-refractivity contribution >= 4 is 70.9 Å². The van der Waals surface area contributed by atoms with Crippen molar-refractivity contribution in [2.24, 2.45) is 0 Å². The van der Waals surface area contributed by atoms with E-state index in [-0.39, 0.29) is 16.2 Å². The van der Waals surface area contributed by atoms with Crippen molar-refractivity contribution in [1.29, 1.82) is 0 Å². The molecule has 6 nitrogen and oxygen atoms in total. The molecule has 12 rings (SSSR count). The summed E-state index contributed by atoms with van der Waals surface area (Å²) in [6.07, 6.45) is 1.86. The summed E-state index contributed by atoms with van der Waals surface area (Å²) in [6, 6.07) is 58.1. The number of hydrogen-bond acceptors (Lipinski definition) is 2. The van der Waals surface area contributed by atoms with Gasteiger partial charge in [0, 0.05) is 27.7 Å². The molecule has 334 valence electrons. The number of hydrogen-bond donors (Lipinski definition) is 0. The van der Waals surface area contributed by atoms with Crippen LogP contribution in [0.3, 0.4) is 0 Å². The summed E-state index contributed by atoms with van der Waals surface area (Å²) >= 11 is 2.50. The molecule has 0 atom stereocenters. The molecule has 0 bridgehead atoms. The maximum atomic E-state index is 6.95. The number of nitrogens with zero attached hydrogens (tertiary/aromatic N) is 5. The molecule has 5 aromatic heterocycles. The standard InChI is InChI=1S/C60H51N5O.Pt/c1-58(2,3)37-27-38(59(4,5)6)29-40(28-37)62-36-63(52-22-13-12-21-51(52)62)41-30-39(60(7,8)9)31-43(32-41)66-42-24-25-45-48-34-49-47-19-16-18-46-44-17-10-11-20-50(44)65(57(46)47)55(49)35-54(48)64(53(45)33-42)56-23-14-15-26-61-56;/h10-31,34-35H,1-9H3;/q-2;. The van der Waals surface area contributed by atoms with Gasteiger partial charge in [-0.05, 0) is 12.1 Å². The van der Waals surface area contributed by atoms with Crippen molar-refractivity contribution in [3.05, 3.63) is 178 Å². The van der Waals surface area contributed by atoms with Crippen LogP contribution in [0.2, 0.25) is 0 Å². The molecule has 0 N–H and O–H groups in total. The van der Waals surface area contributed by atoms with Gasteiger partial charge in [-0.25, -0.2) is 0 Å². The van der Waals surface area contributed by atoms with Gasteiger partial charge in [-0.2, -0.15) is 0 Å². The van der Waals surface area contributed by atoms with Crippen LogP contribution in [0, 0.1) is 15.9 Å². The SMILES string of the molecule is CC(C)(C)c1cc(Oc2[c-]c3c(cc2)c2cc4c5cccc6c7ccccc7n(c4cc2n3-c2ccccn2)c65)[c-]c(-n2[c](=[Pt])n(-c3cc(C(C)(C)C)cc(C(C)(C)C)c3)c3ccccc32)c1. The molecule has 0 fully saturated rings. The fraction of sp³-hybridized carbons (Fsp3) is 0.200. The second-order valence-corrected chi connectivity index (χ2v) is 22.2. The van der Waals surface area contributed by atoms with Gasteiger partial charge in [-0.1, -0.05) is 42.5 Å². The van der Waals surface area contributed by atoms with E-state index in [1.54, 1.807) is 0 Å². The van der Waals surface area contributed by atoms with Crippen molar-refractivity contribution in [2.75, 3.05) is 0 Å². The van der Waals surface area contributed by atoms with E-state index in [2.05, 4.69) is 233 Å². The van der Waals surface area contributed by atoms with Gasteiger partial charge in [0.15, 0.2) is 0 Å². The molecule has 0 aliphatic heterocycles. The molecule has 12 aromatic rings. The summed E-state index contributed by atoms with van der Waals surface area (Å²) in [4.78, 5) is 4.90. The molecule has 5 heterocycles. The zero-order chi connectivity index (χ0) is 46.3. The van der Waals surface area contributed by atoms with Crippen LogP contribution in [-0.2, 0) is 35.6 Å². The summed E-state index contributed by atoms with van der Waals surface area (Å²) in [5.74, 6) is 2.05. The Kier molecular flexibility index (Phi) is 9.09. The number of rotatable bonds is 5. The van der Waals surface area contributed by atoms with Crippen LogP contribution in [0.25, 0.3) is 88.1 Å². The fourth-order valence-corrected chi connectivity index (χ4v) is 11.2. The molecule has 7 aromatic carbocycles. The molecule has 0 amide bonds. The van der Waals surface area contributed by atoms with Gasteiger partial charge in [0.2, 0.25) is 0 Å². The van der Waals surface area contributed by atoms with Crippen molar-refractivity contribution in [3.8, 4) is 28.7 Å². The first-order valence-electron chi connectivity index (χ1n) is 23.1. The molecule has 0 aliphatic carbocycles. The Bertz CT molecular complexity index is 4000. The Labute approximate surface area is 401 Å². The van der Waals surface area contributed by atoms with Gasteiger partial charge in [-0.3, -0.25) is 0 Å². The van der Waals surface area contributed by atoms with E-state index in [1.165, 1.54) is 49.2 Å². The summed E-state index contributed by atoms with van der Waals surface area (Å²) in [5.41, 5.74) is 13.4. The van der Waals surface area contributed by atoms with Crippen LogP contribution < -0.4 is 4.74 Å². The summed E-state index contributed by atoms with van der Waals surface area (Å²) in [6.45, 7) is 20.5. The molecule has 7 heteroatoms. The van der Waals surface area contributed by atoms with Gasteiger partial charge in [-0.15, -0.1) is 0 Å². The third kappa shape index (κ3) is 6.54. The number of para-hydroxylation sites is 4. The molecule has 67 heavy (non-hydrogen) atoms. The van der Waals surface area contributed by atoms with E-state index in [0.717, 1.165) is 59.4 Å². The summed E-state index contributed by atoms with van der Waals surface area (Å²) in [5, 5.41) is 7.24. The van der Waals surface area contributed by atoms with E-state index in [0.29, 0.717) is 11.5 Å². The first-order chi connectivity index (χ1) is 32.0. The minimum absolute atomic E-state index is 0.0228. The Morgan fingerprint density at radius 3 is 1.76 bits per heavy atom. The van der Waals surface area contributed by atoms with E-state index in [9.17, 15) is 0 Å².